The number of hydrogen-bond acceptors (Lipinski definition) is 2. The van der Waals surface area contributed by atoms with E-state index in [0.717, 1.165) is 3.70 Å². The molecule has 0 N–H and O–H groups in total. The summed E-state index contributed by atoms with van der Waals surface area (Å²) in [4.78, 5) is 10.8. The van der Waals surface area contributed by atoms with Crippen LogP contribution in [0.2, 0.25) is 0 Å². The van der Waals surface area contributed by atoms with Crippen molar-refractivity contribution in [2.75, 3.05) is 0 Å². The van der Waals surface area contributed by atoms with E-state index in [0.29, 0.717) is 5.56 Å². The number of carbonyl (C=O) groups excluding carboxylic acids is 1. The molecule has 0 radical (unpaired) electrons. The highest BCUT2D eigenvalue weighted by atomic mass is 127. The quantitative estimate of drug-likeness (QED) is 0.555. The Kier molecular flexibility index (Phi) is 2.08. The highest BCUT2D eigenvalue weighted by Gasteiger charge is 2.07. The molecule has 0 aliphatic carbocycles. The predicted octanol–water partition coefficient (Wildman–Crippen LogP) is 1.23. The van der Waals surface area contributed by atoms with Crippen molar-refractivity contribution in [3.05, 3.63) is 15.5 Å². The summed E-state index contributed by atoms with van der Waals surface area (Å²) >= 11 is 2.04. The van der Waals surface area contributed by atoms with E-state index in [1.807, 2.05) is 22.6 Å². The molecule has 0 atom stereocenters. The molecule has 0 amide bonds. The van der Waals surface area contributed by atoms with Gasteiger partial charge in [0.1, 0.15) is 3.70 Å². The average molecular weight is 250 g/mol. The molecule has 54 valence electrons. The smallest absolute Gasteiger partial charge is 0.164 e. The van der Waals surface area contributed by atoms with Gasteiger partial charge in [0, 0.05) is 13.2 Å². The average Bonchev–Trinajstić information content (AvgIpc) is 2.10. The lowest BCUT2D eigenvalue weighted by Crippen LogP contribution is -1.90. The van der Waals surface area contributed by atoms with Crippen LogP contribution in [0, 0.1) is 3.70 Å². The number of hydrogen-bond donors (Lipinski definition) is 0. The summed E-state index contributed by atoms with van der Waals surface area (Å²) in [6, 6.07) is 0. The Morgan fingerprint density at radius 3 is 2.60 bits per heavy atom. The van der Waals surface area contributed by atoms with Crippen LogP contribution in [0.3, 0.4) is 0 Å². The van der Waals surface area contributed by atoms with Crippen molar-refractivity contribution in [3.8, 4) is 0 Å². The fourth-order valence-electron chi connectivity index (χ4n) is 0.697. The molecule has 0 aliphatic rings. The molecule has 10 heavy (non-hydrogen) atoms. The monoisotopic (exact) mass is 250 g/mol. The van der Waals surface area contributed by atoms with E-state index in [4.69, 9.17) is 0 Å². The molecule has 0 bridgehead atoms. The summed E-state index contributed by atoms with van der Waals surface area (Å²) in [7, 11) is 1.80. The van der Waals surface area contributed by atoms with Crippen molar-refractivity contribution < 1.29 is 4.79 Å². The van der Waals surface area contributed by atoms with E-state index >= 15 is 0 Å². The molecule has 0 aromatic carbocycles. The molecule has 0 saturated carbocycles. The third-order valence-corrected chi connectivity index (χ3v) is 1.96. The maximum atomic E-state index is 10.8. The molecular formula is C6H7IN2O. The van der Waals surface area contributed by atoms with Crippen LogP contribution in [0.1, 0.15) is 17.3 Å². The van der Waals surface area contributed by atoms with Crippen molar-refractivity contribution in [1.82, 2.24) is 9.78 Å². The lowest BCUT2D eigenvalue weighted by molar-refractivity contribution is 0.101. The second-order valence-corrected chi connectivity index (χ2v) is 3.09. The Hall–Kier alpha value is -0.390. The number of rotatable bonds is 1. The van der Waals surface area contributed by atoms with E-state index < -0.39 is 0 Å². The van der Waals surface area contributed by atoms with Gasteiger partial charge in [-0.15, -0.1) is 0 Å². The normalized spacial score (nSPS) is 9.90. The summed E-state index contributed by atoms with van der Waals surface area (Å²) in [5.74, 6) is 0.0671. The van der Waals surface area contributed by atoms with Crippen LogP contribution in [0.15, 0.2) is 6.20 Å². The van der Waals surface area contributed by atoms with E-state index in [9.17, 15) is 4.79 Å². The largest absolute Gasteiger partial charge is 0.294 e. The van der Waals surface area contributed by atoms with Crippen LogP contribution in [0.4, 0.5) is 0 Å². The third-order valence-electron chi connectivity index (χ3n) is 1.16. The minimum Gasteiger partial charge on any atom is -0.294 e. The molecule has 3 nitrogen and oxygen atoms in total. The molecule has 0 spiro atoms. The maximum Gasteiger partial charge on any atom is 0.164 e. The van der Waals surface area contributed by atoms with Gasteiger partial charge in [-0.2, -0.15) is 5.10 Å². The molecule has 0 aliphatic heterocycles. The van der Waals surface area contributed by atoms with Gasteiger partial charge in [0.15, 0.2) is 5.78 Å². The number of halogens is 1. The van der Waals surface area contributed by atoms with Gasteiger partial charge in [0.25, 0.3) is 0 Å². The summed E-state index contributed by atoms with van der Waals surface area (Å²) in [6.07, 6.45) is 1.73. The van der Waals surface area contributed by atoms with Gasteiger partial charge in [0.2, 0.25) is 0 Å². The number of Topliss-reactive ketones (excluding diaryl/α,β-unsaturated/α-hetero) is 1. The first-order valence-electron chi connectivity index (χ1n) is 2.81. The SMILES string of the molecule is CC(=O)c1cn(C)nc1I. The first-order chi connectivity index (χ1) is 4.61. The molecule has 1 rings (SSSR count). The Labute approximate surface area is 72.6 Å². The zero-order valence-electron chi connectivity index (χ0n) is 5.76. The van der Waals surface area contributed by atoms with Crippen molar-refractivity contribution in [2.24, 2.45) is 7.05 Å². The van der Waals surface area contributed by atoms with Crippen LogP contribution in [0.5, 0.6) is 0 Å². The summed E-state index contributed by atoms with van der Waals surface area (Å²) in [5, 5.41) is 4.01. The van der Waals surface area contributed by atoms with E-state index in [1.165, 1.54) is 0 Å². The topological polar surface area (TPSA) is 34.9 Å². The van der Waals surface area contributed by atoms with Gasteiger partial charge < -0.3 is 0 Å². The second-order valence-electron chi connectivity index (χ2n) is 2.06. The number of ketones is 1. The van der Waals surface area contributed by atoms with E-state index in [1.54, 1.807) is 24.9 Å². The van der Waals surface area contributed by atoms with Crippen LogP contribution in [-0.4, -0.2) is 15.6 Å². The Morgan fingerprint density at radius 1 is 1.80 bits per heavy atom. The summed E-state index contributed by atoms with van der Waals surface area (Å²) in [5.41, 5.74) is 0.697. The zero-order valence-corrected chi connectivity index (χ0v) is 7.92. The lowest BCUT2D eigenvalue weighted by atomic mass is 10.3. The summed E-state index contributed by atoms with van der Waals surface area (Å²) in [6.45, 7) is 1.54. The van der Waals surface area contributed by atoms with Crippen molar-refractivity contribution in [2.45, 2.75) is 6.92 Å². The first kappa shape index (κ1) is 7.71. The van der Waals surface area contributed by atoms with Crippen LogP contribution in [-0.2, 0) is 7.05 Å². The molecule has 1 aromatic heterocycles. The van der Waals surface area contributed by atoms with Crippen molar-refractivity contribution >= 4 is 28.4 Å². The molecule has 0 saturated heterocycles. The third kappa shape index (κ3) is 1.36. The summed E-state index contributed by atoms with van der Waals surface area (Å²) < 4.78 is 2.41. The van der Waals surface area contributed by atoms with Crippen LogP contribution in [0.25, 0.3) is 0 Å². The van der Waals surface area contributed by atoms with Gasteiger partial charge in [-0.05, 0) is 29.5 Å². The van der Waals surface area contributed by atoms with E-state index in [2.05, 4.69) is 5.10 Å². The van der Waals surface area contributed by atoms with E-state index in [-0.39, 0.29) is 5.78 Å². The number of carbonyl (C=O) groups is 1. The number of aryl methyl sites for hydroxylation is 1. The fraction of sp³-hybridized carbons (Fsp3) is 0.333. The van der Waals surface area contributed by atoms with Crippen molar-refractivity contribution in [3.63, 3.8) is 0 Å². The van der Waals surface area contributed by atoms with Crippen LogP contribution < -0.4 is 0 Å². The zero-order chi connectivity index (χ0) is 7.72. The molecular weight excluding hydrogens is 243 g/mol. The van der Waals surface area contributed by atoms with Gasteiger partial charge in [0.05, 0.1) is 5.56 Å². The highest BCUT2D eigenvalue weighted by molar-refractivity contribution is 14.1. The standard InChI is InChI=1S/C6H7IN2O/c1-4(10)5-3-9(2)8-6(5)7/h3H,1-2H3. The van der Waals surface area contributed by atoms with Crippen LogP contribution >= 0.6 is 22.6 Å². The van der Waals surface area contributed by atoms with Gasteiger partial charge in [-0.1, -0.05) is 0 Å². The number of nitrogens with zero attached hydrogens (tertiary/aromatic N) is 2. The fourth-order valence-corrected chi connectivity index (χ4v) is 1.56. The lowest BCUT2D eigenvalue weighted by Gasteiger charge is -1.84. The first-order valence-corrected chi connectivity index (χ1v) is 3.89. The predicted molar refractivity (Wildman–Crippen MR) is 45.9 cm³/mol. The maximum absolute atomic E-state index is 10.8. The second kappa shape index (κ2) is 2.69. The molecule has 1 aromatic rings. The van der Waals surface area contributed by atoms with Crippen molar-refractivity contribution in [1.29, 1.82) is 0 Å². The minimum atomic E-state index is 0.0671. The van der Waals surface area contributed by atoms with Gasteiger partial charge >= 0.3 is 0 Å². The molecule has 0 unspecified atom stereocenters. The Bertz CT molecular complexity index is 267. The van der Waals surface area contributed by atoms with Gasteiger partial charge in [-0.3, -0.25) is 9.48 Å². The Balaban J connectivity index is 3.15. The number of aromatic nitrogens is 2. The highest BCUT2D eigenvalue weighted by Crippen LogP contribution is 2.08. The molecule has 1 heterocycles. The van der Waals surface area contributed by atoms with Gasteiger partial charge in [-0.25, -0.2) is 0 Å². The Morgan fingerprint density at radius 2 is 2.40 bits per heavy atom. The molecule has 4 heteroatoms. The minimum absolute atomic E-state index is 0.0671. The molecule has 0 fully saturated rings.